The van der Waals surface area contributed by atoms with E-state index >= 15 is 0 Å². The molecule has 0 radical (unpaired) electrons. The minimum absolute atomic E-state index is 0.00321. The van der Waals surface area contributed by atoms with Gasteiger partial charge in [0.15, 0.2) is 23.1 Å². The van der Waals surface area contributed by atoms with Gasteiger partial charge in [0, 0.05) is 24.3 Å². The highest BCUT2D eigenvalue weighted by molar-refractivity contribution is 6.03. The van der Waals surface area contributed by atoms with E-state index in [1.165, 1.54) is 24.3 Å². The van der Waals surface area contributed by atoms with E-state index in [9.17, 15) is 35.1 Å². The van der Waals surface area contributed by atoms with Crippen LogP contribution < -0.4 is 14.2 Å². The molecule has 0 saturated heterocycles. The molecule has 202 valence electrons. The van der Waals surface area contributed by atoms with Crippen molar-refractivity contribution in [3.05, 3.63) is 89.0 Å². The lowest BCUT2D eigenvalue weighted by molar-refractivity contribution is 0.0834. The van der Waals surface area contributed by atoms with Gasteiger partial charge in [0.1, 0.15) is 63.6 Å². The first-order chi connectivity index (χ1) is 19.2. The molecule has 0 spiro atoms. The van der Waals surface area contributed by atoms with E-state index in [1.807, 2.05) is 0 Å². The third-order valence-corrected chi connectivity index (χ3v) is 6.80. The van der Waals surface area contributed by atoms with Crippen molar-refractivity contribution >= 4 is 11.6 Å². The molecule has 2 atom stereocenters. The zero-order valence-electron chi connectivity index (χ0n) is 20.7. The fourth-order valence-corrected chi connectivity index (χ4v) is 4.92. The number of benzene rings is 4. The molecule has 2 aliphatic heterocycles. The molecule has 0 amide bonds. The first-order valence-electron chi connectivity index (χ1n) is 12.3. The Balaban J connectivity index is 1.16. The number of hydrogen-bond acceptors (Lipinski definition) is 10. The molecule has 0 aliphatic carbocycles. The van der Waals surface area contributed by atoms with Crippen LogP contribution in [0.2, 0.25) is 0 Å². The summed E-state index contributed by atoms with van der Waals surface area (Å²) in [5.74, 6) is -1.31. The number of carbonyl (C=O) groups is 2. The van der Waals surface area contributed by atoms with E-state index in [4.69, 9.17) is 14.2 Å². The Hall–Kier alpha value is -5.38. The number of rotatable bonds is 4. The summed E-state index contributed by atoms with van der Waals surface area (Å²) < 4.78 is 17.5. The summed E-state index contributed by atoms with van der Waals surface area (Å²) in [6, 6.07) is 16.0. The largest absolute Gasteiger partial charge is 0.508 e. The van der Waals surface area contributed by atoms with Gasteiger partial charge in [-0.3, -0.25) is 9.59 Å². The number of phenols is 5. The van der Waals surface area contributed by atoms with Crippen molar-refractivity contribution in [1.29, 1.82) is 0 Å². The maximum absolute atomic E-state index is 12.6. The molecule has 40 heavy (non-hydrogen) atoms. The van der Waals surface area contributed by atoms with Crippen molar-refractivity contribution in [3.63, 3.8) is 0 Å². The molecule has 2 aliphatic rings. The highest BCUT2D eigenvalue weighted by atomic mass is 16.5. The standard InChI is InChI=1S/C30H22O10/c31-16-8-20(34)29-22(36)12-25(39-27(29)10-16)14-1-4-18(5-2-14)38-24-6-3-15(7-19(24)33)26-13-23(37)30-21(35)9-17(32)11-28(30)40-26/h1-11,25-26,31-35H,12-13H2/t25-,26-/m0/s1. The molecule has 4 aromatic rings. The molecular weight excluding hydrogens is 520 g/mol. The second kappa shape index (κ2) is 9.42. The van der Waals surface area contributed by atoms with Crippen molar-refractivity contribution < 1.29 is 49.3 Å². The zero-order chi connectivity index (χ0) is 28.1. The predicted octanol–water partition coefficient (Wildman–Crippen LogP) is 5.42. The Kier molecular flexibility index (Phi) is 5.87. The summed E-state index contributed by atoms with van der Waals surface area (Å²) in [5.41, 5.74) is 1.21. The van der Waals surface area contributed by atoms with E-state index in [2.05, 4.69) is 0 Å². The van der Waals surface area contributed by atoms with E-state index < -0.39 is 12.2 Å². The van der Waals surface area contributed by atoms with Crippen molar-refractivity contribution in [2.75, 3.05) is 0 Å². The van der Waals surface area contributed by atoms with Crippen LogP contribution in [-0.4, -0.2) is 37.1 Å². The van der Waals surface area contributed by atoms with Gasteiger partial charge in [0.25, 0.3) is 0 Å². The smallest absolute Gasteiger partial charge is 0.174 e. The number of carbonyl (C=O) groups excluding carboxylic acids is 2. The van der Waals surface area contributed by atoms with E-state index in [0.29, 0.717) is 16.9 Å². The summed E-state index contributed by atoms with van der Waals surface area (Å²) in [6.45, 7) is 0. The molecule has 0 unspecified atom stereocenters. The second-order valence-electron chi connectivity index (χ2n) is 9.54. The number of phenolic OH excluding ortho intramolecular Hbond substituents is 5. The molecular formula is C30H22O10. The quantitative estimate of drug-likeness (QED) is 0.225. The Labute approximate surface area is 226 Å². The number of hydrogen-bond donors (Lipinski definition) is 5. The number of aromatic hydroxyl groups is 5. The minimum atomic E-state index is -0.743. The number of ketones is 2. The summed E-state index contributed by atoms with van der Waals surface area (Å²) >= 11 is 0. The zero-order valence-corrected chi connectivity index (χ0v) is 20.7. The molecule has 0 bridgehead atoms. The van der Waals surface area contributed by atoms with Gasteiger partial charge in [-0.25, -0.2) is 0 Å². The Morgan fingerprint density at radius 3 is 1.62 bits per heavy atom. The van der Waals surface area contributed by atoms with Crippen molar-refractivity contribution in [3.8, 4) is 51.7 Å². The SMILES string of the molecule is O=C1C[C@@H](c2ccc(Oc3ccc([C@@H]4CC(=O)c5c(O)cc(O)cc5O4)cc3O)cc2)Oc2cc(O)cc(O)c21. The molecule has 2 heterocycles. The van der Waals surface area contributed by atoms with Gasteiger partial charge in [-0.1, -0.05) is 18.2 Å². The number of ether oxygens (including phenoxy) is 3. The van der Waals surface area contributed by atoms with Crippen LogP contribution in [0, 0.1) is 0 Å². The predicted molar refractivity (Wildman–Crippen MR) is 139 cm³/mol. The molecule has 10 nitrogen and oxygen atoms in total. The topological polar surface area (TPSA) is 163 Å². The number of Topliss-reactive ketones (excluding diaryl/α,β-unsaturated/α-hetero) is 2. The van der Waals surface area contributed by atoms with E-state index in [0.717, 1.165) is 12.1 Å². The Morgan fingerprint density at radius 2 is 1.10 bits per heavy atom. The maximum Gasteiger partial charge on any atom is 0.174 e. The summed E-state index contributed by atoms with van der Waals surface area (Å²) in [6.07, 6.45) is -1.44. The van der Waals surface area contributed by atoms with Crippen molar-refractivity contribution in [1.82, 2.24) is 0 Å². The van der Waals surface area contributed by atoms with Gasteiger partial charge in [0.05, 0.1) is 12.8 Å². The van der Waals surface area contributed by atoms with Gasteiger partial charge < -0.3 is 39.7 Å². The first-order valence-corrected chi connectivity index (χ1v) is 12.3. The normalized spacial score (nSPS) is 17.8. The minimum Gasteiger partial charge on any atom is -0.508 e. The van der Waals surface area contributed by atoms with Crippen LogP contribution in [0.5, 0.6) is 51.7 Å². The van der Waals surface area contributed by atoms with Gasteiger partial charge in [0.2, 0.25) is 0 Å². The number of fused-ring (bicyclic) bond motifs is 2. The maximum atomic E-state index is 12.6. The van der Waals surface area contributed by atoms with Crippen LogP contribution in [0.25, 0.3) is 0 Å². The Morgan fingerprint density at radius 1 is 0.600 bits per heavy atom. The second-order valence-corrected chi connectivity index (χ2v) is 9.54. The van der Waals surface area contributed by atoms with Crippen LogP contribution in [0.4, 0.5) is 0 Å². The van der Waals surface area contributed by atoms with Crippen LogP contribution >= 0.6 is 0 Å². The molecule has 5 N–H and O–H groups in total. The fraction of sp³-hybridized carbons (Fsp3) is 0.133. The highest BCUT2D eigenvalue weighted by Crippen LogP contribution is 2.44. The van der Waals surface area contributed by atoms with Gasteiger partial charge in [-0.15, -0.1) is 0 Å². The molecule has 10 heteroatoms. The lowest BCUT2D eigenvalue weighted by atomic mass is 9.95. The monoisotopic (exact) mass is 542 g/mol. The third-order valence-electron chi connectivity index (χ3n) is 6.80. The summed E-state index contributed by atoms with van der Waals surface area (Å²) in [7, 11) is 0. The van der Waals surface area contributed by atoms with E-state index in [-0.39, 0.29) is 81.5 Å². The third kappa shape index (κ3) is 4.45. The molecule has 0 fully saturated rings. The average molecular weight is 542 g/mol. The lowest BCUT2D eigenvalue weighted by Gasteiger charge is -2.26. The Bertz CT molecular complexity index is 1680. The molecule has 4 aromatic carbocycles. The van der Waals surface area contributed by atoms with Gasteiger partial charge in [-0.2, -0.15) is 0 Å². The van der Waals surface area contributed by atoms with Crippen LogP contribution in [0.1, 0.15) is 56.9 Å². The van der Waals surface area contributed by atoms with Crippen molar-refractivity contribution in [2.24, 2.45) is 0 Å². The molecule has 0 saturated carbocycles. The van der Waals surface area contributed by atoms with Crippen LogP contribution in [-0.2, 0) is 0 Å². The average Bonchev–Trinajstić information content (AvgIpc) is 2.89. The highest BCUT2D eigenvalue weighted by Gasteiger charge is 2.32. The van der Waals surface area contributed by atoms with Crippen molar-refractivity contribution in [2.45, 2.75) is 25.0 Å². The first kappa shape index (κ1) is 24.9. The van der Waals surface area contributed by atoms with Crippen LogP contribution in [0.15, 0.2) is 66.7 Å². The molecule has 6 rings (SSSR count). The van der Waals surface area contributed by atoms with Crippen LogP contribution in [0.3, 0.4) is 0 Å². The summed E-state index contributed by atoms with van der Waals surface area (Å²) in [5, 5.41) is 50.1. The lowest BCUT2D eigenvalue weighted by Crippen LogP contribution is -2.20. The van der Waals surface area contributed by atoms with E-state index in [1.54, 1.807) is 30.3 Å². The van der Waals surface area contributed by atoms with Gasteiger partial charge in [-0.05, 0) is 35.4 Å². The summed E-state index contributed by atoms with van der Waals surface area (Å²) in [4.78, 5) is 25.2. The van der Waals surface area contributed by atoms with Gasteiger partial charge >= 0.3 is 0 Å². The molecule has 0 aromatic heterocycles. The fourth-order valence-electron chi connectivity index (χ4n) is 4.92.